The van der Waals surface area contributed by atoms with Crippen molar-refractivity contribution in [2.24, 2.45) is 0 Å². The molecule has 0 radical (unpaired) electrons. The lowest BCUT2D eigenvalue weighted by Gasteiger charge is -2.09. The van der Waals surface area contributed by atoms with Crippen molar-refractivity contribution in [2.45, 2.75) is 13.3 Å². The van der Waals surface area contributed by atoms with Crippen molar-refractivity contribution in [1.82, 2.24) is 10.3 Å². The van der Waals surface area contributed by atoms with Crippen molar-refractivity contribution in [3.8, 4) is 17.4 Å². The summed E-state index contributed by atoms with van der Waals surface area (Å²) in [6.45, 7) is 3.10. The van der Waals surface area contributed by atoms with Gasteiger partial charge in [0.2, 0.25) is 12.7 Å². The molecular weight excluding hydrogens is 296 g/mol. The van der Waals surface area contributed by atoms with Gasteiger partial charge in [0.25, 0.3) is 5.91 Å². The minimum Gasteiger partial charge on any atom is -0.477 e. The molecule has 0 unspecified atom stereocenters. The highest BCUT2D eigenvalue weighted by Gasteiger charge is 2.14. The van der Waals surface area contributed by atoms with Crippen LogP contribution in [-0.2, 0) is 6.42 Å². The summed E-state index contributed by atoms with van der Waals surface area (Å²) in [4.78, 5) is 16.3. The first-order valence-corrected chi connectivity index (χ1v) is 7.52. The van der Waals surface area contributed by atoms with Crippen LogP contribution in [0.4, 0.5) is 0 Å². The molecule has 1 amide bonds. The van der Waals surface area contributed by atoms with Crippen LogP contribution in [0.15, 0.2) is 36.5 Å². The molecule has 2 aromatic rings. The standard InChI is InChI=1S/C17H18N2O4/c1-2-21-17-13(4-3-8-19-17)16(20)18-9-7-12-5-6-14-15(10-12)23-11-22-14/h3-6,8,10H,2,7,9,11H2,1H3,(H,18,20). The van der Waals surface area contributed by atoms with Crippen LogP contribution < -0.4 is 19.5 Å². The topological polar surface area (TPSA) is 69.7 Å². The molecule has 0 aliphatic carbocycles. The van der Waals surface area contributed by atoms with E-state index in [1.807, 2.05) is 25.1 Å². The summed E-state index contributed by atoms with van der Waals surface area (Å²) in [7, 11) is 0. The molecule has 0 spiro atoms. The van der Waals surface area contributed by atoms with Gasteiger partial charge in [0.1, 0.15) is 5.56 Å². The molecule has 0 atom stereocenters. The van der Waals surface area contributed by atoms with Crippen molar-refractivity contribution in [3.05, 3.63) is 47.7 Å². The molecule has 0 saturated carbocycles. The summed E-state index contributed by atoms with van der Waals surface area (Å²) < 4.78 is 16.0. The Labute approximate surface area is 134 Å². The predicted octanol–water partition coefficient (Wildman–Crippen LogP) is 2.18. The second kappa shape index (κ2) is 7.00. The van der Waals surface area contributed by atoms with Crippen molar-refractivity contribution in [3.63, 3.8) is 0 Å². The summed E-state index contributed by atoms with van der Waals surface area (Å²) >= 11 is 0. The number of carbonyl (C=O) groups is 1. The lowest BCUT2D eigenvalue weighted by atomic mass is 10.1. The number of benzene rings is 1. The van der Waals surface area contributed by atoms with E-state index < -0.39 is 0 Å². The van der Waals surface area contributed by atoms with E-state index in [9.17, 15) is 4.79 Å². The van der Waals surface area contributed by atoms with E-state index >= 15 is 0 Å². The maximum absolute atomic E-state index is 12.2. The predicted molar refractivity (Wildman–Crippen MR) is 84.0 cm³/mol. The first kappa shape index (κ1) is 15.1. The quantitative estimate of drug-likeness (QED) is 0.885. The number of aromatic nitrogens is 1. The molecule has 2 heterocycles. The maximum Gasteiger partial charge on any atom is 0.256 e. The van der Waals surface area contributed by atoms with Gasteiger partial charge < -0.3 is 19.5 Å². The number of pyridine rings is 1. The molecule has 3 rings (SSSR count). The fourth-order valence-electron chi connectivity index (χ4n) is 2.33. The Kier molecular flexibility index (Phi) is 4.61. The Balaban J connectivity index is 1.57. The minimum absolute atomic E-state index is 0.192. The van der Waals surface area contributed by atoms with Crippen LogP contribution >= 0.6 is 0 Å². The van der Waals surface area contributed by atoms with Crippen LogP contribution in [0.3, 0.4) is 0 Å². The summed E-state index contributed by atoms with van der Waals surface area (Å²) in [6, 6.07) is 9.20. The zero-order chi connectivity index (χ0) is 16.1. The van der Waals surface area contributed by atoms with Crippen molar-refractivity contribution < 1.29 is 19.0 Å². The third-order valence-corrected chi connectivity index (χ3v) is 3.43. The zero-order valence-electron chi connectivity index (χ0n) is 12.9. The van der Waals surface area contributed by atoms with Gasteiger partial charge in [-0.05, 0) is 43.2 Å². The normalized spacial score (nSPS) is 12.0. The van der Waals surface area contributed by atoms with Gasteiger partial charge in [0.15, 0.2) is 11.5 Å². The highest BCUT2D eigenvalue weighted by Crippen LogP contribution is 2.32. The molecule has 1 aromatic heterocycles. The van der Waals surface area contributed by atoms with Gasteiger partial charge in [0.05, 0.1) is 6.61 Å². The number of amides is 1. The van der Waals surface area contributed by atoms with Crippen LogP contribution in [-0.4, -0.2) is 30.8 Å². The van der Waals surface area contributed by atoms with E-state index in [1.165, 1.54) is 0 Å². The fourth-order valence-corrected chi connectivity index (χ4v) is 2.33. The van der Waals surface area contributed by atoms with E-state index in [1.54, 1.807) is 18.3 Å². The summed E-state index contributed by atoms with van der Waals surface area (Å²) in [5.41, 5.74) is 1.52. The number of nitrogens with zero attached hydrogens (tertiary/aromatic N) is 1. The molecule has 1 aliphatic rings. The lowest BCUT2D eigenvalue weighted by molar-refractivity contribution is 0.0949. The van der Waals surface area contributed by atoms with Gasteiger partial charge in [-0.15, -0.1) is 0 Å². The number of hydrogen-bond acceptors (Lipinski definition) is 5. The first-order chi connectivity index (χ1) is 11.3. The van der Waals surface area contributed by atoms with Crippen molar-refractivity contribution >= 4 is 5.91 Å². The van der Waals surface area contributed by atoms with Crippen molar-refractivity contribution in [2.75, 3.05) is 19.9 Å². The first-order valence-electron chi connectivity index (χ1n) is 7.52. The SMILES string of the molecule is CCOc1ncccc1C(=O)NCCc1ccc2c(c1)OCO2. The molecule has 23 heavy (non-hydrogen) atoms. The lowest BCUT2D eigenvalue weighted by Crippen LogP contribution is -2.26. The minimum atomic E-state index is -0.192. The average Bonchev–Trinajstić information content (AvgIpc) is 3.03. The third-order valence-electron chi connectivity index (χ3n) is 3.43. The largest absolute Gasteiger partial charge is 0.477 e. The van der Waals surface area contributed by atoms with Crippen LogP contribution in [0.1, 0.15) is 22.8 Å². The number of nitrogens with one attached hydrogen (secondary N) is 1. The third kappa shape index (κ3) is 3.53. The molecule has 0 saturated heterocycles. The van der Waals surface area contributed by atoms with E-state index in [4.69, 9.17) is 14.2 Å². The Bertz CT molecular complexity index is 703. The smallest absolute Gasteiger partial charge is 0.256 e. The Morgan fingerprint density at radius 3 is 3.04 bits per heavy atom. The van der Waals surface area contributed by atoms with Crippen LogP contribution in [0.5, 0.6) is 17.4 Å². The number of fused-ring (bicyclic) bond motifs is 1. The Morgan fingerprint density at radius 1 is 1.30 bits per heavy atom. The monoisotopic (exact) mass is 314 g/mol. The van der Waals surface area contributed by atoms with Gasteiger partial charge in [-0.3, -0.25) is 4.79 Å². The number of rotatable bonds is 6. The van der Waals surface area contributed by atoms with Gasteiger partial charge in [0, 0.05) is 12.7 Å². The molecule has 1 N–H and O–H groups in total. The Morgan fingerprint density at radius 2 is 2.17 bits per heavy atom. The van der Waals surface area contributed by atoms with Gasteiger partial charge in [-0.2, -0.15) is 0 Å². The van der Waals surface area contributed by atoms with Gasteiger partial charge in [-0.25, -0.2) is 4.98 Å². The van der Waals surface area contributed by atoms with Crippen LogP contribution in [0.2, 0.25) is 0 Å². The second-order valence-electron chi connectivity index (χ2n) is 4.98. The highest BCUT2D eigenvalue weighted by molar-refractivity contribution is 5.96. The van der Waals surface area contributed by atoms with Crippen LogP contribution in [0, 0.1) is 0 Å². The van der Waals surface area contributed by atoms with E-state index in [2.05, 4.69) is 10.3 Å². The molecule has 0 bridgehead atoms. The molecule has 1 aliphatic heterocycles. The maximum atomic E-state index is 12.2. The van der Waals surface area contributed by atoms with Gasteiger partial charge >= 0.3 is 0 Å². The van der Waals surface area contributed by atoms with Crippen molar-refractivity contribution in [1.29, 1.82) is 0 Å². The summed E-state index contributed by atoms with van der Waals surface area (Å²) in [6.07, 6.45) is 2.31. The second-order valence-corrected chi connectivity index (χ2v) is 4.98. The number of carbonyl (C=O) groups excluding carboxylic acids is 1. The molecule has 6 heteroatoms. The summed E-state index contributed by atoms with van der Waals surface area (Å²) in [5, 5.41) is 2.88. The van der Waals surface area contributed by atoms with E-state index in [-0.39, 0.29) is 12.7 Å². The van der Waals surface area contributed by atoms with Crippen LogP contribution in [0.25, 0.3) is 0 Å². The molecule has 1 aromatic carbocycles. The van der Waals surface area contributed by atoms with E-state index in [0.717, 1.165) is 17.1 Å². The molecular formula is C17H18N2O4. The van der Waals surface area contributed by atoms with Gasteiger partial charge in [-0.1, -0.05) is 6.07 Å². The average molecular weight is 314 g/mol. The highest BCUT2D eigenvalue weighted by atomic mass is 16.7. The number of hydrogen-bond donors (Lipinski definition) is 1. The molecule has 120 valence electrons. The molecule has 6 nitrogen and oxygen atoms in total. The van der Waals surface area contributed by atoms with E-state index in [0.29, 0.717) is 31.0 Å². The Hall–Kier alpha value is -2.76. The molecule has 0 fully saturated rings. The fraction of sp³-hybridized carbons (Fsp3) is 0.294. The summed E-state index contributed by atoms with van der Waals surface area (Å²) in [5.74, 6) is 1.67. The number of ether oxygens (including phenoxy) is 3. The zero-order valence-corrected chi connectivity index (χ0v) is 12.9.